The van der Waals surface area contributed by atoms with Crippen LogP contribution in [0.5, 0.6) is 11.5 Å². The first-order chi connectivity index (χ1) is 14.0. The summed E-state index contributed by atoms with van der Waals surface area (Å²) in [4.78, 5) is 23.2. The molecule has 0 unspecified atom stereocenters. The maximum absolute atomic E-state index is 13.5. The lowest BCUT2D eigenvalue weighted by Gasteiger charge is -2.23. The fourth-order valence-corrected chi connectivity index (χ4v) is 4.46. The molecular weight excluding hydrogens is 406 g/mol. The summed E-state index contributed by atoms with van der Waals surface area (Å²) in [6.07, 6.45) is 2.05. The van der Waals surface area contributed by atoms with E-state index in [0.29, 0.717) is 35.3 Å². The minimum Gasteiger partial charge on any atom is -0.493 e. The molecule has 0 radical (unpaired) electrons. The Labute approximate surface area is 179 Å². The van der Waals surface area contributed by atoms with E-state index >= 15 is 0 Å². The molecule has 3 rings (SSSR count). The van der Waals surface area contributed by atoms with Crippen molar-refractivity contribution < 1.29 is 14.3 Å². The number of aromatic nitrogens is 1. The van der Waals surface area contributed by atoms with E-state index in [0.717, 1.165) is 10.2 Å². The van der Waals surface area contributed by atoms with Crippen LogP contribution in [0.15, 0.2) is 41.3 Å². The molecule has 0 N–H and O–H groups in total. The third-order valence-corrected chi connectivity index (χ3v) is 6.23. The Bertz CT molecular complexity index is 1000. The van der Waals surface area contributed by atoms with Gasteiger partial charge in [-0.2, -0.15) is 0 Å². The van der Waals surface area contributed by atoms with Crippen molar-refractivity contribution in [3.05, 3.63) is 42.0 Å². The van der Waals surface area contributed by atoms with Crippen LogP contribution in [0, 0.1) is 0 Å². The molecule has 0 aliphatic carbocycles. The van der Waals surface area contributed by atoms with Gasteiger partial charge in [0, 0.05) is 18.0 Å². The largest absolute Gasteiger partial charge is 0.493 e. The first kappa shape index (κ1) is 21.4. The average Bonchev–Trinajstić information content (AvgIpc) is 3.15. The molecule has 0 aliphatic rings. The number of likely N-dealkylation sites (N-methyl/N-ethyl adjacent to an activating group) is 1. The fraction of sp³-hybridized carbons (Fsp3) is 0.333. The summed E-state index contributed by atoms with van der Waals surface area (Å²) in [7, 11) is 7.07. The average molecular weight is 432 g/mol. The molecule has 1 heterocycles. The van der Waals surface area contributed by atoms with E-state index in [2.05, 4.69) is 6.07 Å². The number of methoxy groups -OCH3 is 2. The normalized spacial score (nSPS) is 11.1. The third kappa shape index (κ3) is 4.66. The van der Waals surface area contributed by atoms with Crippen LogP contribution in [0.1, 0.15) is 10.4 Å². The Morgan fingerprint density at radius 1 is 1.14 bits per heavy atom. The van der Waals surface area contributed by atoms with Gasteiger partial charge in [0.15, 0.2) is 16.6 Å². The molecule has 8 heteroatoms. The van der Waals surface area contributed by atoms with E-state index in [4.69, 9.17) is 14.5 Å². The minimum atomic E-state index is -0.160. The van der Waals surface area contributed by atoms with E-state index in [1.807, 2.05) is 37.4 Å². The number of rotatable bonds is 8. The standard InChI is InChI=1S/C21H25N3O3S2/c1-23(2)11-12-24(20(25)15-7-6-8-17(26-3)19(15)27-4)21-22-16-10-9-14(28-5)13-18(16)29-21/h6-10,13H,11-12H2,1-5H3. The summed E-state index contributed by atoms with van der Waals surface area (Å²) < 4.78 is 11.9. The molecule has 0 atom stereocenters. The number of carbonyl (C=O) groups excluding carboxylic acids is 1. The van der Waals surface area contributed by atoms with Gasteiger partial charge in [0.25, 0.3) is 5.91 Å². The van der Waals surface area contributed by atoms with Crippen LogP contribution in [0.2, 0.25) is 0 Å². The number of hydrogen-bond acceptors (Lipinski definition) is 7. The Morgan fingerprint density at radius 3 is 2.59 bits per heavy atom. The van der Waals surface area contributed by atoms with E-state index in [9.17, 15) is 4.79 Å². The number of fused-ring (bicyclic) bond motifs is 1. The number of amides is 1. The van der Waals surface area contributed by atoms with E-state index in [1.54, 1.807) is 49.1 Å². The third-order valence-electron chi connectivity index (χ3n) is 4.46. The number of ether oxygens (including phenoxy) is 2. The Morgan fingerprint density at radius 2 is 1.93 bits per heavy atom. The molecular formula is C21H25N3O3S2. The maximum atomic E-state index is 13.5. The predicted molar refractivity (Wildman–Crippen MR) is 121 cm³/mol. The highest BCUT2D eigenvalue weighted by atomic mass is 32.2. The SMILES string of the molecule is COc1cccc(C(=O)N(CCN(C)C)c2nc3ccc(SC)cc3s2)c1OC. The van der Waals surface area contributed by atoms with Crippen molar-refractivity contribution in [2.24, 2.45) is 0 Å². The van der Waals surface area contributed by atoms with Crippen molar-refractivity contribution in [2.45, 2.75) is 4.90 Å². The number of hydrogen-bond donors (Lipinski definition) is 0. The molecule has 154 valence electrons. The smallest absolute Gasteiger partial charge is 0.264 e. The van der Waals surface area contributed by atoms with Crippen molar-refractivity contribution in [2.75, 3.05) is 52.6 Å². The van der Waals surface area contributed by atoms with E-state index in [-0.39, 0.29) is 5.91 Å². The van der Waals surface area contributed by atoms with Crippen LogP contribution < -0.4 is 14.4 Å². The Hall–Kier alpha value is -2.29. The second kappa shape index (κ2) is 9.47. The van der Waals surface area contributed by atoms with Crippen LogP contribution in [0.4, 0.5) is 5.13 Å². The number of thiazole rings is 1. The molecule has 0 saturated heterocycles. The van der Waals surface area contributed by atoms with Crippen molar-refractivity contribution in [3.8, 4) is 11.5 Å². The van der Waals surface area contributed by atoms with Crippen LogP contribution >= 0.6 is 23.1 Å². The van der Waals surface area contributed by atoms with Gasteiger partial charge in [-0.05, 0) is 50.7 Å². The molecule has 1 amide bonds. The van der Waals surface area contributed by atoms with Gasteiger partial charge in [-0.3, -0.25) is 9.69 Å². The van der Waals surface area contributed by atoms with Gasteiger partial charge in [-0.1, -0.05) is 17.4 Å². The molecule has 6 nitrogen and oxygen atoms in total. The molecule has 0 fully saturated rings. The lowest BCUT2D eigenvalue weighted by atomic mass is 10.1. The molecule has 1 aromatic heterocycles. The molecule has 0 bridgehead atoms. The van der Waals surface area contributed by atoms with Crippen molar-refractivity contribution >= 4 is 44.4 Å². The van der Waals surface area contributed by atoms with Gasteiger partial charge in [0.1, 0.15) is 0 Å². The summed E-state index contributed by atoms with van der Waals surface area (Å²) in [5, 5.41) is 0.676. The molecule has 0 saturated carbocycles. The van der Waals surface area contributed by atoms with Gasteiger partial charge in [-0.15, -0.1) is 11.8 Å². The van der Waals surface area contributed by atoms with E-state index < -0.39 is 0 Å². The quantitative estimate of drug-likeness (QED) is 0.497. The number of para-hydroxylation sites is 1. The first-order valence-corrected chi connectivity index (χ1v) is 11.1. The molecule has 0 spiro atoms. The van der Waals surface area contributed by atoms with Crippen molar-refractivity contribution in [1.82, 2.24) is 9.88 Å². The lowest BCUT2D eigenvalue weighted by Crippen LogP contribution is -2.37. The Kier molecular flexibility index (Phi) is 7.00. The number of nitrogens with zero attached hydrogens (tertiary/aromatic N) is 3. The molecule has 29 heavy (non-hydrogen) atoms. The second-order valence-electron chi connectivity index (χ2n) is 6.63. The maximum Gasteiger partial charge on any atom is 0.264 e. The van der Waals surface area contributed by atoms with Crippen molar-refractivity contribution in [1.29, 1.82) is 0 Å². The number of carbonyl (C=O) groups is 1. The van der Waals surface area contributed by atoms with Crippen LogP contribution in [-0.4, -0.2) is 63.5 Å². The van der Waals surface area contributed by atoms with Gasteiger partial charge in [0.05, 0.1) is 30.0 Å². The van der Waals surface area contributed by atoms with Crippen molar-refractivity contribution in [3.63, 3.8) is 0 Å². The summed E-state index contributed by atoms with van der Waals surface area (Å²) in [6.45, 7) is 1.23. The van der Waals surface area contributed by atoms with Gasteiger partial charge in [0.2, 0.25) is 0 Å². The minimum absolute atomic E-state index is 0.160. The fourth-order valence-electron chi connectivity index (χ4n) is 2.92. The second-order valence-corrected chi connectivity index (χ2v) is 8.52. The van der Waals surface area contributed by atoms with Gasteiger partial charge < -0.3 is 14.4 Å². The monoisotopic (exact) mass is 431 g/mol. The van der Waals surface area contributed by atoms with E-state index in [1.165, 1.54) is 16.2 Å². The highest BCUT2D eigenvalue weighted by Gasteiger charge is 2.25. The van der Waals surface area contributed by atoms with Crippen LogP contribution in [0.3, 0.4) is 0 Å². The lowest BCUT2D eigenvalue weighted by molar-refractivity contribution is 0.0981. The molecule has 3 aromatic rings. The zero-order valence-corrected chi connectivity index (χ0v) is 18.9. The number of anilines is 1. The Balaban J connectivity index is 2.05. The molecule has 0 aliphatic heterocycles. The van der Waals surface area contributed by atoms with Gasteiger partial charge >= 0.3 is 0 Å². The van der Waals surface area contributed by atoms with Crippen LogP contribution in [0.25, 0.3) is 10.2 Å². The summed E-state index contributed by atoms with van der Waals surface area (Å²) in [5.74, 6) is 0.798. The summed E-state index contributed by atoms with van der Waals surface area (Å²) >= 11 is 3.21. The number of benzene rings is 2. The summed E-state index contributed by atoms with van der Waals surface area (Å²) in [5.41, 5.74) is 1.35. The zero-order valence-electron chi connectivity index (χ0n) is 17.3. The van der Waals surface area contributed by atoms with Crippen LogP contribution in [-0.2, 0) is 0 Å². The summed E-state index contributed by atoms with van der Waals surface area (Å²) in [6, 6.07) is 11.5. The predicted octanol–water partition coefficient (Wildman–Crippen LogP) is 4.24. The number of thioether (sulfide) groups is 1. The first-order valence-electron chi connectivity index (χ1n) is 9.10. The highest BCUT2D eigenvalue weighted by Crippen LogP contribution is 2.35. The van der Waals surface area contributed by atoms with Gasteiger partial charge in [-0.25, -0.2) is 4.98 Å². The topological polar surface area (TPSA) is 54.9 Å². The molecule has 2 aromatic carbocycles. The zero-order chi connectivity index (χ0) is 21.0. The highest BCUT2D eigenvalue weighted by molar-refractivity contribution is 7.98.